The lowest BCUT2D eigenvalue weighted by atomic mass is 9.62. The maximum absolute atomic E-state index is 13.0. The van der Waals surface area contributed by atoms with Crippen LogP contribution in [0.2, 0.25) is 0 Å². The molecule has 0 aliphatic heterocycles. The molecule has 4 N–H and O–H groups in total. The van der Waals surface area contributed by atoms with Crippen molar-refractivity contribution < 1.29 is 34.8 Å². The summed E-state index contributed by atoms with van der Waals surface area (Å²) in [6.45, 7) is 1.45. The molecule has 0 radical (unpaired) electrons. The quantitative estimate of drug-likeness (QED) is 0.566. The first kappa shape index (κ1) is 17.2. The Hall–Kier alpha value is -3.19. The monoisotopic (exact) mass is 368 g/mol. The summed E-state index contributed by atoms with van der Waals surface area (Å²) in [5.74, 6) is -4.72. The number of phenolic OH excluding ortho intramolecular Hbond substituents is 2. The zero-order chi connectivity index (χ0) is 19.7. The van der Waals surface area contributed by atoms with E-state index in [0.29, 0.717) is 5.39 Å². The first-order chi connectivity index (χ1) is 12.7. The molecule has 27 heavy (non-hydrogen) atoms. The molecule has 2 atom stereocenters. The fraction of sp³-hybridized carbons (Fsp3) is 0.250. The van der Waals surface area contributed by atoms with Gasteiger partial charge in [-0.25, -0.2) is 4.79 Å². The van der Waals surface area contributed by atoms with Crippen molar-refractivity contribution in [3.63, 3.8) is 0 Å². The van der Waals surface area contributed by atoms with E-state index in [0.717, 1.165) is 0 Å². The number of aliphatic hydroxyl groups is 1. The molecule has 7 nitrogen and oxygen atoms in total. The molecule has 0 saturated heterocycles. The van der Waals surface area contributed by atoms with Crippen LogP contribution in [-0.4, -0.2) is 43.6 Å². The third kappa shape index (κ3) is 2.21. The van der Waals surface area contributed by atoms with E-state index >= 15 is 0 Å². The lowest BCUT2D eigenvalue weighted by Gasteiger charge is -2.43. The minimum absolute atomic E-state index is 0.0727. The van der Waals surface area contributed by atoms with Crippen molar-refractivity contribution in [3.05, 3.63) is 46.5 Å². The van der Waals surface area contributed by atoms with Crippen molar-refractivity contribution in [1.29, 1.82) is 0 Å². The topological polar surface area (TPSA) is 132 Å². The average molecular weight is 368 g/mol. The molecule has 2 unspecified atom stereocenters. The summed E-state index contributed by atoms with van der Waals surface area (Å²) in [5.41, 5.74) is -2.01. The lowest BCUT2D eigenvalue weighted by molar-refractivity contribution is -0.137. The van der Waals surface area contributed by atoms with Crippen LogP contribution in [0.25, 0.3) is 10.8 Å². The summed E-state index contributed by atoms with van der Waals surface area (Å²) in [7, 11) is 0. The number of hydrogen-bond acceptors (Lipinski definition) is 6. The SMILES string of the molecule is CC1=C(C(=O)O)C(=O)C2c3cc4cccc(O)c4c(O)c3C(=O)CC2(O)C1. The highest BCUT2D eigenvalue weighted by molar-refractivity contribution is 6.23. The normalized spacial score (nSPS) is 24.7. The lowest BCUT2D eigenvalue weighted by Crippen LogP contribution is -2.50. The van der Waals surface area contributed by atoms with Gasteiger partial charge in [-0.2, -0.15) is 0 Å². The van der Waals surface area contributed by atoms with Crippen LogP contribution in [0, 0.1) is 0 Å². The second-order valence-electron chi connectivity index (χ2n) is 7.20. The highest BCUT2D eigenvalue weighted by Gasteiger charge is 2.54. The maximum atomic E-state index is 13.0. The number of Topliss-reactive ketones (excluding diaryl/α,β-unsaturated/α-hetero) is 2. The minimum atomic E-state index is -1.75. The number of aromatic hydroxyl groups is 2. The van der Waals surface area contributed by atoms with Crippen LogP contribution in [0.3, 0.4) is 0 Å². The Morgan fingerprint density at radius 3 is 2.56 bits per heavy atom. The first-order valence-corrected chi connectivity index (χ1v) is 8.36. The van der Waals surface area contributed by atoms with Gasteiger partial charge in [0.1, 0.15) is 17.1 Å². The summed E-state index contributed by atoms with van der Waals surface area (Å²) in [6.07, 6.45) is -0.553. The van der Waals surface area contributed by atoms with Crippen LogP contribution in [-0.2, 0) is 9.59 Å². The molecule has 2 aromatic rings. The van der Waals surface area contributed by atoms with E-state index in [-0.39, 0.29) is 34.3 Å². The summed E-state index contributed by atoms with van der Waals surface area (Å²) < 4.78 is 0. The molecule has 0 fully saturated rings. The van der Waals surface area contributed by atoms with Gasteiger partial charge in [0.2, 0.25) is 0 Å². The van der Waals surface area contributed by atoms with E-state index in [1.54, 1.807) is 6.07 Å². The van der Waals surface area contributed by atoms with E-state index in [9.17, 15) is 34.8 Å². The Morgan fingerprint density at radius 2 is 1.89 bits per heavy atom. The summed E-state index contributed by atoms with van der Waals surface area (Å²) in [4.78, 5) is 37.2. The number of ketones is 2. The molecule has 138 valence electrons. The minimum Gasteiger partial charge on any atom is -0.507 e. The van der Waals surface area contributed by atoms with Gasteiger partial charge in [0.05, 0.1) is 22.5 Å². The molecule has 0 spiro atoms. The fourth-order valence-corrected chi connectivity index (χ4v) is 4.46. The standard InChI is InChI=1S/C20H16O7/c1-8-6-20(27)7-12(22)15-10(16(20)18(24)13(8)19(25)26)5-9-3-2-4-11(21)14(9)17(15)23/h2-5,16,21,23,27H,6-7H2,1H3,(H,25,26). The van der Waals surface area contributed by atoms with Crippen LogP contribution in [0.1, 0.15) is 41.6 Å². The van der Waals surface area contributed by atoms with Crippen LogP contribution in [0.5, 0.6) is 11.5 Å². The Labute approximate surface area is 153 Å². The summed E-state index contributed by atoms with van der Waals surface area (Å²) >= 11 is 0. The van der Waals surface area contributed by atoms with Crippen molar-refractivity contribution in [2.75, 3.05) is 0 Å². The largest absolute Gasteiger partial charge is 0.507 e. The first-order valence-electron chi connectivity index (χ1n) is 8.36. The molecular formula is C20H16O7. The van der Waals surface area contributed by atoms with E-state index in [1.165, 1.54) is 25.1 Å². The molecule has 0 bridgehead atoms. The Balaban J connectivity index is 2.06. The van der Waals surface area contributed by atoms with Gasteiger partial charge in [0, 0.05) is 6.42 Å². The Bertz CT molecular complexity index is 1100. The van der Waals surface area contributed by atoms with Gasteiger partial charge in [-0.1, -0.05) is 17.7 Å². The van der Waals surface area contributed by atoms with Crippen LogP contribution < -0.4 is 0 Å². The number of fused-ring (bicyclic) bond motifs is 4. The molecule has 2 aliphatic carbocycles. The van der Waals surface area contributed by atoms with Crippen LogP contribution >= 0.6 is 0 Å². The fourth-order valence-electron chi connectivity index (χ4n) is 4.46. The summed E-state index contributed by atoms with van der Waals surface area (Å²) in [5, 5.41) is 41.6. The molecule has 2 aliphatic rings. The number of aliphatic carboxylic acids is 1. The highest BCUT2D eigenvalue weighted by atomic mass is 16.4. The van der Waals surface area contributed by atoms with Crippen molar-refractivity contribution in [2.24, 2.45) is 0 Å². The Kier molecular flexibility index (Phi) is 3.45. The number of carboxylic acids is 1. The molecule has 0 saturated carbocycles. The highest BCUT2D eigenvalue weighted by Crippen LogP contribution is 2.51. The van der Waals surface area contributed by atoms with E-state index < -0.39 is 46.8 Å². The number of rotatable bonds is 1. The molecule has 2 aromatic carbocycles. The van der Waals surface area contributed by atoms with Crippen molar-refractivity contribution in [1.82, 2.24) is 0 Å². The van der Waals surface area contributed by atoms with Gasteiger partial charge in [0.15, 0.2) is 11.6 Å². The van der Waals surface area contributed by atoms with Gasteiger partial charge in [0.25, 0.3) is 0 Å². The number of benzene rings is 2. The predicted octanol–water partition coefficient (Wildman–Crippen LogP) is 2.03. The molecule has 0 aromatic heterocycles. The van der Waals surface area contributed by atoms with Gasteiger partial charge < -0.3 is 20.4 Å². The van der Waals surface area contributed by atoms with Gasteiger partial charge >= 0.3 is 5.97 Å². The molecule has 0 amide bonds. The number of carbonyl (C=O) groups is 3. The van der Waals surface area contributed by atoms with Crippen molar-refractivity contribution >= 4 is 28.3 Å². The number of carbonyl (C=O) groups excluding carboxylic acids is 2. The Morgan fingerprint density at radius 1 is 1.19 bits per heavy atom. The molecule has 7 heteroatoms. The number of hydrogen-bond donors (Lipinski definition) is 4. The van der Waals surface area contributed by atoms with Crippen LogP contribution in [0.4, 0.5) is 0 Å². The van der Waals surface area contributed by atoms with E-state index in [2.05, 4.69) is 0 Å². The second-order valence-corrected chi connectivity index (χ2v) is 7.20. The van der Waals surface area contributed by atoms with Gasteiger partial charge in [-0.05, 0) is 36.4 Å². The second kappa shape index (κ2) is 5.40. The van der Waals surface area contributed by atoms with Crippen molar-refractivity contribution in [3.8, 4) is 11.5 Å². The average Bonchev–Trinajstić information content (AvgIpc) is 2.52. The molecule has 4 rings (SSSR count). The van der Waals surface area contributed by atoms with Gasteiger partial charge in [-0.3, -0.25) is 9.59 Å². The van der Waals surface area contributed by atoms with Crippen LogP contribution in [0.15, 0.2) is 35.4 Å². The summed E-state index contributed by atoms with van der Waals surface area (Å²) in [6, 6.07) is 5.93. The maximum Gasteiger partial charge on any atom is 0.339 e. The van der Waals surface area contributed by atoms with E-state index in [4.69, 9.17) is 0 Å². The molecule has 0 heterocycles. The van der Waals surface area contributed by atoms with Crippen molar-refractivity contribution in [2.45, 2.75) is 31.3 Å². The number of carboxylic acid groups (broad SMARTS) is 1. The predicted molar refractivity (Wildman–Crippen MR) is 93.9 cm³/mol. The smallest absolute Gasteiger partial charge is 0.339 e. The van der Waals surface area contributed by atoms with E-state index in [1.807, 2.05) is 0 Å². The molecular weight excluding hydrogens is 352 g/mol. The zero-order valence-electron chi connectivity index (χ0n) is 14.3. The van der Waals surface area contributed by atoms with Gasteiger partial charge in [-0.15, -0.1) is 0 Å². The third-order valence-corrected chi connectivity index (χ3v) is 5.46. The number of phenols is 2. The zero-order valence-corrected chi connectivity index (χ0v) is 14.3. The third-order valence-electron chi connectivity index (χ3n) is 5.46.